The fraction of sp³-hybridized carbons (Fsp3) is 0.632. The molecular weight excluding hydrogens is 338 g/mol. The van der Waals surface area contributed by atoms with Crippen LogP contribution in [-0.4, -0.2) is 59.8 Å². The minimum Gasteiger partial charge on any atom is -0.622 e. The first-order valence-corrected chi connectivity index (χ1v) is 8.92. The molecule has 142 valence electrons. The molecule has 0 bridgehead atoms. The second-order valence-corrected chi connectivity index (χ2v) is 7.82. The van der Waals surface area contributed by atoms with Crippen molar-refractivity contribution in [2.45, 2.75) is 69.9 Å². The van der Waals surface area contributed by atoms with Crippen molar-refractivity contribution in [1.82, 2.24) is 0 Å². The minimum atomic E-state index is -0.806. The molecule has 0 spiro atoms. The molecular formula is C19H25NO6. The molecule has 3 heterocycles. The lowest BCUT2D eigenvalue weighted by Crippen LogP contribution is -2.40. The highest BCUT2D eigenvalue weighted by Crippen LogP contribution is 2.42. The predicted octanol–water partition coefficient (Wildman–Crippen LogP) is 2.01. The van der Waals surface area contributed by atoms with Gasteiger partial charge in [0.25, 0.3) is 6.23 Å². The van der Waals surface area contributed by atoms with Gasteiger partial charge in [-0.3, -0.25) is 0 Å². The molecule has 1 aromatic carbocycles. The molecule has 0 aliphatic carbocycles. The van der Waals surface area contributed by atoms with Crippen molar-refractivity contribution in [2.24, 2.45) is 0 Å². The number of benzene rings is 1. The Morgan fingerprint density at radius 1 is 0.962 bits per heavy atom. The maximum Gasteiger partial charge on any atom is 0.297 e. The molecule has 3 aliphatic heterocycles. The molecule has 1 unspecified atom stereocenters. The Labute approximate surface area is 153 Å². The van der Waals surface area contributed by atoms with E-state index in [4.69, 9.17) is 23.7 Å². The van der Waals surface area contributed by atoms with E-state index in [1.54, 1.807) is 0 Å². The number of hydrogen-bond donors (Lipinski definition) is 0. The zero-order chi connectivity index (χ0) is 18.5. The quantitative estimate of drug-likeness (QED) is 0.354. The highest BCUT2D eigenvalue weighted by molar-refractivity contribution is 5.75. The van der Waals surface area contributed by atoms with Gasteiger partial charge in [0.15, 0.2) is 23.9 Å². The molecule has 5 atom stereocenters. The Balaban J connectivity index is 1.59. The van der Waals surface area contributed by atoms with Gasteiger partial charge >= 0.3 is 0 Å². The first kappa shape index (κ1) is 17.9. The Morgan fingerprint density at radius 3 is 2.31 bits per heavy atom. The fourth-order valence-corrected chi connectivity index (χ4v) is 3.75. The summed E-state index contributed by atoms with van der Waals surface area (Å²) in [7, 11) is 0. The third kappa shape index (κ3) is 3.37. The van der Waals surface area contributed by atoms with E-state index in [0.717, 1.165) is 10.3 Å². The Kier molecular flexibility index (Phi) is 4.32. The van der Waals surface area contributed by atoms with E-state index >= 15 is 0 Å². The van der Waals surface area contributed by atoms with Gasteiger partial charge in [0.2, 0.25) is 0 Å². The molecule has 7 nitrogen and oxygen atoms in total. The van der Waals surface area contributed by atoms with Crippen molar-refractivity contribution in [3.63, 3.8) is 0 Å². The molecule has 26 heavy (non-hydrogen) atoms. The van der Waals surface area contributed by atoms with Gasteiger partial charge in [0.05, 0.1) is 6.61 Å². The molecule has 4 rings (SSSR count). The first-order chi connectivity index (χ1) is 12.2. The summed E-state index contributed by atoms with van der Waals surface area (Å²) in [4.78, 5) is 0. The van der Waals surface area contributed by atoms with E-state index in [1.807, 2.05) is 58.0 Å². The summed E-state index contributed by atoms with van der Waals surface area (Å²) in [5.74, 6) is -1.46. The molecule has 0 aromatic heterocycles. The van der Waals surface area contributed by atoms with Gasteiger partial charge in [-0.15, -0.1) is 0 Å². The van der Waals surface area contributed by atoms with Crippen molar-refractivity contribution in [2.75, 3.05) is 6.61 Å². The van der Waals surface area contributed by atoms with Gasteiger partial charge in [-0.1, -0.05) is 18.2 Å². The monoisotopic (exact) mass is 363 g/mol. The third-order valence-corrected chi connectivity index (χ3v) is 4.79. The van der Waals surface area contributed by atoms with Crippen molar-refractivity contribution in [3.05, 3.63) is 41.1 Å². The van der Waals surface area contributed by atoms with Crippen LogP contribution in [0.4, 0.5) is 0 Å². The largest absolute Gasteiger partial charge is 0.622 e. The molecule has 0 N–H and O–H groups in total. The van der Waals surface area contributed by atoms with Crippen LogP contribution in [-0.2, 0) is 23.7 Å². The normalized spacial score (nSPS) is 38.5. The molecule has 1 aromatic rings. The average molecular weight is 363 g/mol. The van der Waals surface area contributed by atoms with Gasteiger partial charge in [-0.25, -0.2) is 0 Å². The van der Waals surface area contributed by atoms with Crippen LogP contribution in [0.5, 0.6) is 0 Å². The molecule has 0 radical (unpaired) electrons. The minimum absolute atomic E-state index is 0.315. The van der Waals surface area contributed by atoms with Gasteiger partial charge < -0.3 is 28.9 Å². The lowest BCUT2D eigenvalue weighted by atomic mass is 10.1. The van der Waals surface area contributed by atoms with Gasteiger partial charge in [0, 0.05) is 5.56 Å². The van der Waals surface area contributed by atoms with Crippen molar-refractivity contribution in [3.8, 4) is 0 Å². The summed E-state index contributed by atoms with van der Waals surface area (Å²) in [6.07, 6.45) is -0.939. The van der Waals surface area contributed by atoms with E-state index in [-0.39, 0.29) is 6.10 Å². The van der Waals surface area contributed by atoms with Crippen LogP contribution in [0.1, 0.15) is 33.3 Å². The molecule has 3 aliphatic rings. The van der Waals surface area contributed by atoms with E-state index in [2.05, 4.69) is 0 Å². The number of ether oxygens (including phenoxy) is 5. The lowest BCUT2D eigenvalue weighted by molar-refractivity contribution is -0.562. The SMILES string of the molecule is CC1(C)O[C@H]2[C@@H]([C@H]3COC(C)(C)O3)OC(/[N+]([O-])=C/c3ccccc3)[C@H]2O1. The lowest BCUT2D eigenvalue weighted by Gasteiger charge is -2.26. The second kappa shape index (κ2) is 6.28. The molecule has 3 saturated heterocycles. The van der Waals surface area contributed by atoms with E-state index in [0.29, 0.717) is 6.61 Å². The number of rotatable bonds is 3. The summed E-state index contributed by atoms with van der Waals surface area (Å²) in [6.45, 7) is 7.78. The zero-order valence-corrected chi connectivity index (χ0v) is 15.5. The van der Waals surface area contributed by atoms with Crippen LogP contribution in [0.15, 0.2) is 30.3 Å². The highest BCUT2D eigenvalue weighted by atomic mass is 16.8. The number of hydroxylamine groups is 1. The summed E-state index contributed by atoms with van der Waals surface area (Å²) >= 11 is 0. The molecule has 0 amide bonds. The van der Waals surface area contributed by atoms with Gasteiger partial charge in [0.1, 0.15) is 18.3 Å². The maximum atomic E-state index is 12.8. The summed E-state index contributed by atoms with van der Waals surface area (Å²) in [6, 6.07) is 9.39. The summed E-state index contributed by atoms with van der Waals surface area (Å²) in [5.41, 5.74) is 0.797. The Morgan fingerprint density at radius 2 is 1.65 bits per heavy atom. The van der Waals surface area contributed by atoms with Crippen LogP contribution in [0.2, 0.25) is 0 Å². The zero-order valence-electron chi connectivity index (χ0n) is 15.5. The molecule has 0 saturated carbocycles. The van der Waals surface area contributed by atoms with Crippen LogP contribution < -0.4 is 0 Å². The number of nitrogens with zero attached hydrogens (tertiary/aromatic N) is 1. The molecule has 7 heteroatoms. The second-order valence-electron chi connectivity index (χ2n) is 7.82. The summed E-state index contributed by atoms with van der Waals surface area (Å²) in [5, 5.41) is 12.8. The van der Waals surface area contributed by atoms with E-state index < -0.39 is 36.1 Å². The van der Waals surface area contributed by atoms with Gasteiger partial charge in [-0.2, -0.15) is 4.74 Å². The smallest absolute Gasteiger partial charge is 0.297 e. The highest BCUT2D eigenvalue weighted by Gasteiger charge is 2.62. The topological polar surface area (TPSA) is 72.2 Å². The van der Waals surface area contributed by atoms with Crippen LogP contribution in [0.25, 0.3) is 0 Å². The summed E-state index contributed by atoms with van der Waals surface area (Å²) < 4.78 is 30.5. The van der Waals surface area contributed by atoms with E-state index in [1.165, 1.54) is 6.21 Å². The van der Waals surface area contributed by atoms with Crippen LogP contribution in [0.3, 0.4) is 0 Å². The molecule has 3 fully saturated rings. The standard InChI is InChI=1S/C19H25NO6/c1-18(2)22-11-13(24-18)14-15-16(26-19(3,4)25-15)17(23-14)20(21)10-12-8-6-5-7-9-12/h5-10,13-17H,11H2,1-4H3/b20-10-/t13-,14-,15+,16+,17?/m1/s1. The van der Waals surface area contributed by atoms with Crippen molar-refractivity contribution in [1.29, 1.82) is 0 Å². The third-order valence-electron chi connectivity index (χ3n) is 4.79. The van der Waals surface area contributed by atoms with Crippen molar-refractivity contribution < 1.29 is 28.4 Å². The number of fused-ring (bicyclic) bond motifs is 1. The van der Waals surface area contributed by atoms with Gasteiger partial charge in [-0.05, 0) is 39.8 Å². The van der Waals surface area contributed by atoms with Crippen molar-refractivity contribution >= 4 is 6.21 Å². The predicted molar refractivity (Wildman–Crippen MR) is 92.6 cm³/mol. The Hall–Kier alpha value is -1.51. The fourth-order valence-electron chi connectivity index (χ4n) is 3.75. The average Bonchev–Trinajstić information content (AvgIpc) is 3.18. The number of hydrogen-bond acceptors (Lipinski definition) is 6. The van der Waals surface area contributed by atoms with Crippen LogP contribution in [0, 0.1) is 5.21 Å². The Bertz CT molecular complexity index is 689. The maximum absolute atomic E-state index is 12.8. The first-order valence-electron chi connectivity index (χ1n) is 8.92. The van der Waals surface area contributed by atoms with Crippen LogP contribution >= 0.6 is 0 Å². The van der Waals surface area contributed by atoms with E-state index in [9.17, 15) is 5.21 Å².